The van der Waals surface area contributed by atoms with Gasteiger partial charge in [0.2, 0.25) is 0 Å². The summed E-state index contributed by atoms with van der Waals surface area (Å²) in [6.07, 6.45) is 3.42. The van der Waals surface area contributed by atoms with E-state index in [1.165, 1.54) is 6.42 Å². The lowest BCUT2D eigenvalue weighted by Crippen LogP contribution is -2.45. The minimum atomic E-state index is 0.0523. The van der Waals surface area contributed by atoms with Gasteiger partial charge in [-0.25, -0.2) is 0 Å². The van der Waals surface area contributed by atoms with Gasteiger partial charge in [-0.15, -0.1) is 0 Å². The Bertz CT molecular complexity index is 502. The molecule has 1 aliphatic heterocycles. The molecule has 20 heavy (non-hydrogen) atoms. The zero-order valence-corrected chi connectivity index (χ0v) is 12.9. The van der Waals surface area contributed by atoms with Crippen LogP contribution in [0, 0.1) is 0 Å². The third-order valence-corrected chi connectivity index (χ3v) is 4.25. The predicted octanol–water partition coefficient (Wildman–Crippen LogP) is 2.85. The zero-order valence-electron chi connectivity index (χ0n) is 11.3. The molecule has 1 amide bonds. The minimum absolute atomic E-state index is 0.0523. The highest BCUT2D eigenvalue weighted by Crippen LogP contribution is 2.35. The van der Waals surface area contributed by atoms with Gasteiger partial charge >= 0.3 is 0 Å². The Morgan fingerprint density at radius 2 is 2.10 bits per heavy atom. The fourth-order valence-corrected chi connectivity index (χ4v) is 3.02. The minimum Gasteiger partial charge on any atom is -0.486 e. The van der Waals surface area contributed by atoms with E-state index in [4.69, 9.17) is 9.47 Å². The largest absolute Gasteiger partial charge is 0.486 e. The van der Waals surface area contributed by atoms with Crippen LogP contribution in [0.5, 0.6) is 11.5 Å². The molecule has 0 N–H and O–H groups in total. The monoisotopic (exact) mass is 339 g/mol. The topological polar surface area (TPSA) is 38.8 Å². The molecule has 2 aliphatic rings. The molecule has 1 aromatic carbocycles. The molecule has 5 heteroatoms. The second-order valence-electron chi connectivity index (χ2n) is 5.10. The normalized spacial score (nSPS) is 17.4. The fraction of sp³-hybridized carbons (Fsp3) is 0.533. The number of rotatable bonds is 4. The van der Waals surface area contributed by atoms with Crippen molar-refractivity contribution in [1.29, 1.82) is 0 Å². The molecule has 1 aliphatic carbocycles. The SMILES string of the molecule is O=C(c1cccc2c1OCCO2)N(CCBr)C1CCC1. The number of para-hydroxylation sites is 1. The van der Waals surface area contributed by atoms with E-state index in [0.29, 0.717) is 36.3 Å². The van der Waals surface area contributed by atoms with Crippen LogP contribution >= 0.6 is 15.9 Å². The summed E-state index contributed by atoms with van der Waals surface area (Å²) in [6, 6.07) is 5.91. The number of fused-ring (bicyclic) bond motifs is 1. The molecule has 0 saturated heterocycles. The molecular weight excluding hydrogens is 322 g/mol. The third kappa shape index (κ3) is 2.51. The number of nitrogens with zero attached hydrogens (tertiary/aromatic N) is 1. The van der Waals surface area contributed by atoms with E-state index in [2.05, 4.69) is 15.9 Å². The molecule has 0 aromatic heterocycles. The third-order valence-electron chi connectivity index (χ3n) is 3.90. The second kappa shape index (κ2) is 6.04. The van der Waals surface area contributed by atoms with Gasteiger partial charge in [0.05, 0.1) is 5.56 Å². The lowest BCUT2D eigenvalue weighted by molar-refractivity contribution is 0.0590. The van der Waals surface area contributed by atoms with Gasteiger partial charge in [0.1, 0.15) is 13.2 Å². The van der Waals surface area contributed by atoms with Crippen LogP contribution < -0.4 is 9.47 Å². The molecule has 108 valence electrons. The van der Waals surface area contributed by atoms with Crippen molar-refractivity contribution in [1.82, 2.24) is 4.90 Å². The average molecular weight is 340 g/mol. The number of ether oxygens (including phenoxy) is 2. The van der Waals surface area contributed by atoms with Crippen LogP contribution in [0.25, 0.3) is 0 Å². The standard InChI is InChI=1S/C15H18BrNO3/c16-7-8-17(11-3-1-4-11)15(18)12-5-2-6-13-14(12)20-10-9-19-13/h2,5-6,11H,1,3-4,7-10H2. The van der Waals surface area contributed by atoms with Crippen molar-refractivity contribution in [3.63, 3.8) is 0 Å². The van der Waals surface area contributed by atoms with Gasteiger partial charge in [0.15, 0.2) is 11.5 Å². The van der Waals surface area contributed by atoms with Crippen molar-refractivity contribution in [2.45, 2.75) is 25.3 Å². The summed E-state index contributed by atoms with van der Waals surface area (Å²) in [4.78, 5) is 14.8. The van der Waals surface area contributed by atoms with Crippen molar-refractivity contribution in [2.75, 3.05) is 25.1 Å². The van der Waals surface area contributed by atoms with Crippen LogP contribution in [-0.2, 0) is 0 Å². The first-order valence-electron chi connectivity index (χ1n) is 7.07. The molecule has 0 bridgehead atoms. The predicted molar refractivity (Wildman–Crippen MR) is 79.9 cm³/mol. The van der Waals surface area contributed by atoms with Gasteiger partial charge in [-0.3, -0.25) is 4.79 Å². The summed E-state index contributed by atoms with van der Waals surface area (Å²) in [5.74, 6) is 1.33. The fourth-order valence-electron chi connectivity index (χ4n) is 2.64. The van der Waals surface area contributed by atoms with Crippen LogP contribution in [0.15, 0.2) is 18.2 Å². The van der Waals surface area contributed by atoms with E-state index >= 15 is 0 Å². The van der Waals surface area contributed by atoms with Crippen LogP contribution in [-0.4, -0.2) is 41.9 Å². The van der Waals surface area contributed by atoms with Gasteiger partial charge < -0.3 is 14.4 Å². The van der Waals surface area contributed by atoms with E-state index in [1.54, 1.807) is 0 Å². The molecule has 0 unspecified atom stereocenters. The van der Waals surface area contributed by atoms with E-state index in [1.807, 2.05) is 23.1 Å². The van der Waals surface area contributed by atoms with Gasteiger partial charge in [-0.05, 0) is 31.4 Å². The Morgan fingerprint density at radius 3 is 2.80 bits per heavy atom. The van der Waals surface area contributed by atoms with E-state index in [9.17, 15) is 4.79 Å². The van der Waals surface area contributed by atoms with Crippen LogP contribution in [0.1, 0.15) is 29.6 Å². The Hall–Kier alpha value is -1.23. The number of carbonyl (C=O) groups is 1. The lowest BCUT2D eigenvalue weighted by atomic mass is 9.91. The maximum atomic E-state index is 12.8. The summed E-state index contributed by atoms with van der Waals surface area (Å²) < 4.78 is 11.2. The number of amides is 1. The van der Waals surface area contributed by atoms with E-state index in [0.717, 1.165) is 24.7 Å². The quantitative estimate of drug-likeness (QED) is 0.791. The van der Waals surface area contributed by atoms with Crippen molar-refractivity contribution in [3.8, 4) is 11.5 Å². The summed E-state index contributed by atoms with van der Waals surface area (Å²) in [7, 11) is 0. The first-order valence-corrected chi connectivity index (χ1v) is 8.19. The molecule has 1 fully saturated rings. The highest BCUT2D eigenvalue weighted by Gasteiger charge is 2.31. The summed E-state index contributed by atoms with van der Waals surface area (Å²) in [6.45, 7) is 1.77. The Morgan fingerprint density at radius 1 is 1.30 bits per heavy atom. The van der Waals surface area contributed by atoms with Crippen LogP contribution in [0.4, 0.5) is 0 Å². The smallest absolute Gasteiger partial charge is 0.258 e. The molecule has 0 spiro atoms. The van der Waals surface area contributed by atoms with Gasteiger partial charge in [0.25, 0.3) is 5.91 Å². The Kier molecular flexibility index (Phi) is 4.15. The average Bonchev–Trinajstić information content (AvgIpc) is 2.43. The molecule has 1 heterocycles. The summed E-state index contributed by atoms with van der Waals surface area (Å²) in [5.41, 5.74) is 0.620. The molecule has 1 aromatic rings. The lowest BCUT2D eigenvalue weighted by Gasteiger charge is -2.37. The molecule has 0 radical (unpaired) electrons. The highest BCUT2D eigenvalue weighted by molar-refractivity contribution is 9.09. The maximum absolute atomic E-state index is 12.8. The molecule has 1 saturated carbocycles. The molecule has 0 atom stereocenters. The first kappa shape index (κ1) is 13.7. The van der Waals surface area contributed by atoms with Crippen molar-refractivity contribution in [3.05, 3.63) is 23.8 Å². The number of carbonyl (C=O) groups excluding carboxylic acids is 1. The number of halogens is 1. The number of hydrogen-bond donors (Lipinski definition) is 0. The highest BCUT2D eigenvalue weighted by atomic mass is 79.9. The Balaban J connectivity index is 1.88. The summed E-state index contributed by atoms with van der Waals surface area (Å²) in [5, 5.41) is 0.793. The van der Waals surface area contributed by atoms with Gasteiger partial charge in [-0.1, -0.05) is 22.0 Å². The Labute approximate surface area is 127 Å². The van der Waals surface area contributed by atoms with Crippen LogP contribution in [0.2, 0.25) is 0 Å². The first-order chi connectivity index (χ1) is 9.81. The van der Waals surface area contributed by atoms with Crippen molar-refractivity contribution < 1.29 is 14.3 Å². The van der Waals surface area contributed by atoms with E-state index < -0.39 is 0 Å². The van der Waals surface area contributed by atoms with Gasteiger partial charge in [-0.2, -0.15) is 0 Å². The number of alkyl halides is 1. The number of hydrogen-bond acceptors (Lipinski definition) is 3. The van der Waals surface area contributed by atoms with E-state index in [-0.39, 0.29) is 5.91 Å². The van der Waals surface area contributed by atoms with Crippen molar-refractivity contribution >= 4 is 21.8 Å². The van der Waals surface area contributed by atoms with Crippen molar-refractivity contribution in [2.24, 2.45) is 0 Å². The van der Waals surface area contributed by atoms with Crippen LogP contribution in [0.3, 0.4) is 0 Å². The zero-order chi connectivity index (χ0) is 13.9. The summed E-state index contributed by atoms with van der Waals surface area (Å²) >= 11 is 3.44. The second-order valence-corrected chi connectivity index (χ2v) is 5.90. The van der Waals surface area contributed by atoms with Gasteiger partial charge in [0, 0.05) is 17.9 Å². The molecular formula is C15H18BrNO3. The maximum Gasteiger partial charge on any atom is 0.258 e. The molecule has 4 nitrogen and oxygen atoms in total. The number of benzene rings is 1. The molecule has 3 rings (SSSR count).